The summed E-state index contributed by atoms with van der Waals surface area (Å²) in [6.45, 7) is 2.59. The van der Waals surface area contributed by atoms with Crippen LogP contribution in [0.1, 0.15) is 13.8 Å². The molecule has 2 heterocycles. The van der Waals surface area contributed by atoms with Crippen molar-refractivity contribution >= 4 is 18.3 Å². The SMILES string of the molecule is CO[C@H]1C(COC(C)=O)O[C@H]2OC=N[C@H]2C1OC(C)=O. The predicted molar refractivity (Wildman–Crippen MR) is 65.0 cm³/mol. The highest BCUT2D eigenvalue weighted by Gasteiger charge is 2.51. The van der Waals surface area contributed by atoms with E-state index in [1.807, 2.05) is 0 Å². The maximum Gasteiger partial charge on any atom is 0.303 e. The molecule has 0 amide bonds. The van der Waals surface area contributed by atoms with Gasteiger partial charge in [-0.2, -0.15) is 0 Å². The number of fused-ring (bicyclic) bond motifs is 1. The molecule has 0 aromatic heterocycles. The van der Waals surface area contributed by atoms with Crippen molar-refractivity contribution in [3.8, 4) is 0 Å². The Balaban J connectivity index is 2.13. The van der Waals surface area contributed by atoms with E-state index in [-0.39, 0.29) is 6.61 Å². The molecule has 2 aliphatic rings. The molecule has 5 atom stereocenters. The maximum atomic E-state index is 11.2. The summed E-state index contributed by atoms with van der Waals surface area (Å²) in [6, 6.07) is -0.488. The Bertz CT molecular complexity index is 411. The second-order valence-corrected chi connectivity index (χ2v) is 4.50. The van der Waals surface area contributed by atoms with E-state index in [0.717, 1.165) is 0 Å². The third-order valence-electron chi connectivity index (χ3n) is 3.07. The first-order valence-corrected chi connectivity index (χ1v) is 6.19. The van der Waals surface area contributed by atoms with Crippen molar-refractivity contribution < 1.29 is 33.3 Å². The zero-order valence-electron chi connectivity index (χ0n) is 11.5. The van der Waals surface area contributed by atoms with Gasteiger partial charge in [-0.3, -0.25) is 9.59 Å². The highest BCUT2D eigenvalue weighted by atomic mass is 16.7. The van der Waals surface area contributed by atoms with Crippen LogP contribution in [0.3, 0.4) is 0 Å². The zero-order chi connectivity index (χ0) is 14.7. The molecular formula is C12H17NO7. The zero-order valence-corrected chi connectivity index (χ0v) is 11.5. The minimum absolute atomic E-state index is 0.0157. The molecule has 0 saturated carbocycles. The second-order valence-electron chi connectivity index (χ2n) is 4.50. The summed E-state index contributed by atoms with van der Waals surface area (Å²) in [6.07, 6.45) is -1.27. The van der Waals surface area contributed by atoms with E-state index in [1.165, 1.54) is 27.4 Å². The molecule has 0 N–H and O–H groups in total. The Labute approximate surface area is 116 Å². The first-order valence-electron chi connectivity index (χ1n) is 6.19. The number of nitrogens with zero attached hydrogens (tertiary/aromatic N) is 1. The van der Waals surface area contributed by atoms with Crippen molar-refractivity contribution in [2.75, 3.05) is 13.7 Å². The Morgan fingerprint density at radius 3 is 2.60 bits per heavy atom. The first kappa shape index (κ1) is 14.7. The van der Waals surface area contributed by atoms with Gasteiger partial charge >= 0.3 is 11.9 Å². The van der Waals surface area contributed by atoms with Crippen LogP contribution in [0.15, 0.2) is 4.99 Å². The van der Waals surface area contributed by atoms with Gasteiger partial charge in [-0.15, -0.1) is 0 Å². The van der Waals surface area contributed by atoms with Crippen molar-refractivity contribution in [1.29, 1.82) is 0 Å². The summed E-state index contributed by atoms with van der Waals surface area (Å²) in [5, 5.41) is 0. The molecule has 1 saturated heterocycles. The standard InChI is InChI=1S/C12H17NO7/c1-6(14)17-4-8-10(16-3)11(19-7(2)15)9-12(20-8)18-5-13-9/h5,8-12H,4H2,1-3H3/t8?,9-,10-,11?,12+/m0/s1. The van der Waals surface area contributed by atoms with E-state index in [4.69, 9.17) is 23.7 Å². The van der Waals surface area contributed by atoms with E-state index in [2.05, 4.69) is 4.99 Å². The van der Waals surface area contributed by atoms with Gasteiger partial charge in [0.25, 0.3) is 0 Å². The van der Waals surface area contributed by atoms with E-state index in [1.54, 1.807) is 0 Å². The van der Waals surface area contributed by atoms with Crippen LogP contribution < -0.4 is 0 Å². The fraction of sp³-hybridized carbons (Fsp3) is 0.750. The lowest BCUT2D eigenvalue weighted by Crippen LogP contribution is -2.59. The number of carbonyl (C=O) groups is 2. The van der Waals surface area contributed by atoms with Gasteiger partial charge in [0.15, 0.2) is 18.5 Å². The largest absolute Gasteiger partial charge is 0.463 e. The minimum atomic E-state index is -0.675. The molecule has 0 spiro atoms. The van der Waals surface area contributed by atoms with Crippen molar-refractivity contribution in [3.05, 3.63) is 0 Å². The van der Waals surface area contributed by atoms with Gasteiger partial charge in [0, 0.05) is 21.0 Å². The summed E-state index contributed by atoms with van der Waals surface area (Å²) in [4.78, 5) is 26.2. The third kappa shape index (κ3) is 3.07. The van der Waals surface area contributed by atoms with Crippen LogP contribution in [0.5, 0.6) is 0 Å². The van der Waals surface area contributed by atoms with Crippen molar-refractivity contribution in [2.45, 2.75) is 44.5 Å². The van der Waals surface area contributed by atoms with Crippen molar-refractivity contribution in [3.63, 3.8) is 0 Å². The fourth-order valence-corrected chi connectivity index (χ4v) is 2.27. The molecule has 0 radical (unpaired) electrons. The highest BCUT2D eigenvalue weighted by molar-refractivity contribution is 5.66. The molecule has 112 valence electrons. The van der Waals surface area contributed by atoms with Gasteiger partial charge in [-0.25, -0.2) is 4.99 Å². The minimum Gasteiger partial charge on any atom is -0.463 e. The lowest BCUT2D eigenvalue weighted by Gasteiger charge is -2.40. The predicted octanol–water partition coefficient (Wildman–Crippen LogP) is -0.352. The van der Waals surface area contributed by atoms with Gasteiger partial charge in [0.2, 0.25) is 6.29 Å². The number of aliphatic imine (C=N–C) groups is 1. The third-order valence-corrected chi connectivity index (χ3v) is 3.07. The molecule has 2 rings (SSSR count). The second kappa shape index (κ2) is 6.19. The van der Waals surface area contributed by atoms with Gasteiger partial charge < -0.3 is 23.7 Å². The molecule has 8 nitrogen and oxygen atoms in total. The molecule has 20 heavy (non-hydrogen) atoms. The van der Waals surface area contributed by atoms with E-state index in [9.17, 15) is 9.59 Å². The van der Waals surface area contributed by atoms with Gasteiger partial charge in [0.1, 0.15) is 18.8 Å². The number of ether oxygens (including phenoxy) is 5. The van der Waals surface area contributed by atoms with Crippen molar-refractivity contribution in [1.82, 2.24) is 0 Å². The highest BCUT2D eigenvalue weighted by Crippen LogP contribution is 2.30. The average molecular weight is 287 g/mol. The molecule has 2 aliphatic heterocycles. The maximum absolute atomic E-state index is 11.2. The van der Waals surface area contributed by atoms with Crippen LogP contribution in [0.4, 0.5) is 0 Å². The number of esters is 2. The monoisotopic (exact) mass is 287 g/mol. The molecule has 0 bridgehead atoms. The average Bonchev–Trinajstić information content (AvgIpc) is 2.83. The van der Waals surface area contributed by atoms with E-state index in [0.29, 0.717) is 0 Å². The molecule has 0 aromatic rings. The van der Waals surface area contributed by atoms with Gasteiger partial charge in [0.05, 0.1) is 0 Å². The van der Waals surface area contributed by atoms with Crippen LogP contribution in [0.2, 0.25) is 0 Å². The molecule has 0 aliphatic carbocycles. The summed E-state index contributed by atoms with van der Waals surface area (Å²) in [5.74, 6) is -0.885. The van der Waals surface area contributed by atoms with Crippen molar-refractivity contribution in [2.24, 2.45) is 4.99 Å². The van der Waals surface area contributed by atoms with E-state index >= 15 is 0 Å². The summed E-state index contributed by atoms with van der Waals surface area (Å²) in [7, 11) is 1.46. The Hall–Kier alpha value is -1.67. The quantitative estimate of drug-likeness (QED) is 0.652. The van der Waals surface area contributed by atoms with Crippen LogP contribution in [0.25, 0.3) is 0 Å². The fourth-order valence-electron chi connectivity index (χ4n) is 2.27. The smallest absolute Gasteiger partial charge is 0.303 e. The molecule has 1 fully saturated rings. The van der Waals surface area contributed by atoms with Gasteiger partial charge in [-0.1, -0.05) is 0 Å². The Kier molecular flexibility index (Phi) is 4.56. The summed E-state index contributed by atoms with van der Waals surface area (Å²) >= 11 is 0. The van der Waals surface area contributed by atoms with E-state index < -0.39 is 42.6 Å². The number of methoxy groups -OCH3 is 1. The number of carbonyl (C=O) groups excluding carboxylic acids is 2. The van der Waals surface area contributed by atoms with Crippen LogP contribution in [-0.2, 0) is 33.3 Å². The lowest BCUT2D eigenvalue weighted by atomic mass is 9.97. The van der Waals surface area contributed by atoms with Crippen LogP contribution in [-0.4, -0.2) is 62.7 Å². The first-order chi connectivity index (χ1) is 9.52. The number of hydrogen-bond donors (Lipinski definition) is 0. The molecule has 8 heteroatoms. The van der Waals surface area contributed by atoms with Crippen LogP contribution >= 0.6 is 0 Å². The Morgan fingerprint density at radius 1 is 1.25 bits per heavy atom. The molecule has 2 unspecified atom stereocenters. The number of rotatable bonds is 4. The summed E-state index contributed by atoms with van der Waals surface area (Å²) in [5.41, 5.74) is 0. The number of hydrogen-bond acceptors (Lipinski definition) is 8. The molecule has 0 aromatic carbocycles. The lowest BCUT2D eigenvalue weighted by molar-refractivity contribution is -0.247. The summed E-state index contributed by atoms with van der Waals surface area (Å²) < 4.78 is 26.4. The normalized spacial score (nSPS) is 35.0. The topological polar surface area (TPSA) is 92.7 Å². The Morgan fingerprint density at radius 2 is 2.00 bits per heavy atom. The molecular weight excluding hydrogens is 270 g/mol. The van der Waals surface area contributed by atoms with Gasteiger partial charge in [-0.05, 0) is 0 Å². The van der Waals surface area contributed by atoms with Crippen LogP contribution in [0, 0.1) is 0 Å².